The highest BCUT2D eigenvalue weighted by molar-refractivity contribution is 7.95. The average molecular weight is 482 g/mol. The fourth-order valence-electron chi connectivity index (χ4n) is 4.74. The van der Waals surface area contributed by atoms with E-state index in [0.29, 0.717) is 11.5 Å². The molecule has 0 spiro atoms. The maximum atomic E-state index is 13.2. The zero-order chi connectivity index (χ0) is 24.4. The molecule has 35 heavy (non-hydrogen) atoms. The Morgan fingerprint density at radius 2 is 1.23 bits per heavy atom. The third-order valence-corrected chi connectivity index (χ3v) is 10.8. The molecule has 0 aliphatic rings. The van der Waals surface area contributed by atoms with Crippen molar-refractivity contribution in [3.63, 3.8) is 0 Å². The smallest absolute Gasteiger partial charge is 0.270 e. The van der Waals surface area contributed by atoms with Crippen molar-refractivity contribution < 1.29 is 15.1 Å². The van der Waals surface area contributed by atoms with Crippen molar-refractivity contribution in [2.24, 2.45) is 0 Å². The first-order chi connectivity index (χ1) is 17.0. The monoisotopic (exact) mass is 482 g/mol. The van der Waals surface area contributed by atoms with E-state index < -0.39 is 18.1 Å². The molecule has 1 heterocycles. The zero-order valence-corrected chi connectivity index (χ0v) is 19.7. The number of aromatic nitrogens is 1. The Kier molecular flexibility index (Phi) is 5.98. The highest BCUT2D eigenvalue weighted by atomic mass is 31.2. The van der Waals surface area contributed by atoms with Crippen LogP contribution in [0, 0.1) is 10.1 Å². The molecule has 0 amide bonds. The van der Waals surface area contributed by atoms with Crippen LogP contribution in [0.3, 0.4) is 0 Å². The van der Waals surface area contributed by atoms with Crippen molar-refractivity contribution in [1.29, 1.82) is 0 Å². The van der Waals surface area contributed by atoms with Crippen molar-refractivity contribution in [1.82, 2.24) is 4.57 Å². The predicted molar refractivity (Wildman–Crippen MR) is 140 cm³/mol. The van der Waals surface area contributed by atoms with E-state index >= 15 is 0 Å². The van der Waals surface area contributed by atoms with E-state index in [4.69, 9.17) is 0 Å². The van der Waals surface area contributed by atoms with Gasteiger partial charge in [0, 0.05) is 22.9 Å². The van der Waals surface area contributed by atoms with Crippen LogP contribution in [0.2, 0.25) is 0 Å². The summed E-state index contributed by atoms with van der Waals surface area (Å²) in [5.41, 5.74) is -0.175. The van der Waals surface area contributed by atoms with Crippen LogP contribution in [0.5, 0.6) is 11.8 Å². The molecule has 0 fully saturated rings. The number of hydrogen-bond acceptors (Lipinski definition) is 4. The van der Waals surface area contributed by atoms with Gasteiger partial charge in [0.2, 0.25) is 0 Å². The van der Waals surface area contributed by atoms with E-state index in [9.17, 15) is 20.3 Å². The Bertz CT molecular complexity index is 1390. The van der Waals surface area contributed by atoms with Crippen molar-refractivity contribution in [2.45, 2.75) is 6.54 Å². The lowest BCUT2D eigenvalue weighted by atomic mass is 10.2. The fourth-order valence-corrected chi connectivity index (χ4v) is 8.96. The molecule has 1 N–H and O–H groups in total. The Morgan fingerprint density at radius 1 is 0.743 bits per heavy atom. The van der Waals surface area contributed by atoms with Crippen LogP contribution in [0.25, 0.3) is 10.8 Å². The van der Waals surface area contributed by atoms with Crippen LogP contribution in [-0.4, -0.2) is 20.8 Å². The Morgan fingerprint density at radius 3 is 1.69 bits per heavy atom. The molecule has 0 atom stereocenters. The first-order valence-corrected chi connectivity index (χ1v) is 13.2. The molecule has 5 rings (SSSR count). The van der Waals surface area contributed by atoms with Crippen LogP contribution < -0.4 is 21.0 Å². The number of benzene rings is 4. The van der Waals surface area contributed by atoms with E-state index in [1.165, 1.54) is 38.7 Å². The quantitative estimate of drug-likeness (QED) is 0.212. The average Bonchev–Trinajstić information content (AvgIpc) is 3.15. The number of fused-ring (bicyclic) bond motifs is 1. The number of aromatic hydroxyl groups is 1. The summed E-state index contributed by atoms with van der Waals surface area (Å²) in [6.07, 6.45) is 0.594. The van der Waals surface area contributed by atoms with Gasteiger partial charge in [-0.05, 0) is 48.3 Å². The highest BCUT2D eigenvalue weighted by Crippen LogP contribution is 2.55. The number of non-ortho nitro benzene ring substituents is 1. The number of hydrogen-bond donors (Lipinski definition) is 1. The topological polar surface area (TPSA) is 91.4 Å². The summed E-state index contributed by atoms with van der Waals surface area (Å²) in [4.78, 5) is 10.7. The van der Waals surface area contributed by atoms with Gasteiger partial charge in [-0.2, -0.15) is 0 Å². The molecule has 0 bridgehead atoms. The highest BCUT2D eigenvalue weighted by Gasteiger charge is 2.45. The molecule has 4 aromatic carbocycles. The number of rotatable bonds is 7. The van der Waals surface area contributed by atoms with Crippen LogP contribution in [0.15, 0.2) is 109 Å². The van der Waals surface area contributed by atoms with E-state index in [1.54, 1.807) is 0 Å². The van der Waals surface area contributed by atoms with Gasteiger partial charge in [0.1, 0.15) is 23.2 Å². The molecular weight excluding hydrogens is 459 g/mol. The van der Waals surface area contributed by atoms with Crippen molar-refractivity contribution in [3.8, 4) is 11.8 Å². The van der Waals surface area contributed by atoms with Gasteiger partial charge in [0.05, 0.1) is 17.6 Å². The summed E-state index contributed by atoms with van der Waals surface area (Å²) in [6.45, 7) is 0.263. The van der Waals surface area contributed by atoms with Gasteiger partial charge in [0.15, 0.2) is 5.88 Å². The van der Waals surface area contributed by atoms with Crippen molar-refractivity contribution in [2.75, 3.05) is 6.16 Å². The summed E-state index contributed by atoms with van der Waals surface area (Å²) < 4.78 is 1.35. The predicted octanol–water partition coefficient (Wildman–Crippen LogP) is 4.32. The van der Waals surface area contributed by atoms with E-state index in [-0.39, 0.29) is 23.5 Å². The summed E-state index contributed by atoms with van der Waals surface area (Å²) in [5, 5.41) is 39.4. The van der Waals surface area contributed by atoms with Crippen LogP contribution in [0.1, 0.15) is 0 Å². The molecule has 1 aromatic heterocycles. The van der Waals surface area contributed by atoms with Crippen LogP contribution in [0.4, 0.5) is 5.69 Å². The lowest BCUT2D eigenvalue weighted by molar-refractivity contribution is -0.384. The van der Waals surface area contributed by atoms with Crippen LogP contribution in [-0.2, 0) is 6.54 Å². The first kappa shape index (κ1) is 22.6. The summed E-state index contributed by atoms with van der Waals surface area (Å²) >= 11 is 0. The van der Waals surface area contributed by atoms with E-state index in [0.717, 1.165) is 0 Å². The molecule has 5 aromatic rings. The largest absolute Gasteiger partial charge is 0.860 e. The first-order valence-electron chi connectivity index (χ1n) is 11.2. The van der Waals surface area contributed by atoms with Crippen LogP contribution >= 0.6 is 7.26 Å². The minimum atomic E-state index is -2.21. The lowest BCUT2D eigenvalue weighted by Crippen LogP contribution is -2.34. The van der Waals surface area contributed by atoms with Crippen molar-refractivity contribution >= 4 is 39.6 Å². The normalized spacial score (nSPS) is 11.5. The van der Waals surface area contributed by atoms with Gasteiger partial charge in [-0.3, -0.25) is 10.1 Å². The lowest BCUT2D eigenvalue weighted by Gasteiger charge is -2.28. The maximum Gasteiger partial charge on any atom is 0.270 e. The minimum absolute atomic E-state index is 0.153. The number of nitro benzene ring substituents is 1. The molecular formula is C28H23N2O4P. The second-order valence-corrected chi connectivity index (χ2v) is 11.9. The standard InChI is InChI=1S/C28H23N2O4P/c31-27-25-17-16-21(30(33)34)20-26(25)28(32)29(27)18-19-35(22-10-4-1-5-11-22,23-12-6-2-7-13-23)24-14-8-3-9-15-24/h1-17,20H,18-19H2,(H-,31,32). The Hall–Kier alpha value is -4.15. The summed E-state index contributed by atoms with van der Waals surface area (Å²) in [6, 6.07) is 34.8. The van der Waals surface area contributed by atoms with Gasteiger partial charge < -0.3 is 14.8 Å². The Labute approximate surface area is 203 Å². The molecule has 7 heteroatoms. The Balaban J connectivity index is 1.67. The van der Waals surface area contributed by atoms with Crippen molar-refractivity contribution in [3.05, 3.63) is 119 Å². The molecule has 6 nitrogen and oxygen atoms in total. The van der Waals surface area contributed by atoms with Gasteiger partial charge in [-0.25, -0.2) is 0 Å². The summed E-state index contributed by atoms with van der Waals surface area (Å²) in [7, 11) is -2.21. The van der Waals surface area contributed by atoms with E-state index in [1.807, 2.05) is 54.6 Å². The molecule has 0 unspecified atom stereocenters. The zero-order valence-electron chi connectivity index (χ0n) is 18.8. The van der Waals surface area contributed by atoms with E-state index in [2.05, 4.69) is 36.4 Å². The van der Waals surface area contributed by atoms with Gasteiger partial charge in [-0.15, -0.1) is 0 Å². The molecule has 0 saturated heterocycles. The summed E-state index contributed by atoms with van der Waals surface area (Å²) in [5.74, 6) is -0.583. The molecule has 174 valence electrons. The molecule has 0 saturated carbocycles. The maximum absolute atomic E-state index is 13.2. The molecule has 0 radical (unpaired) electrons. The second-order valence-electron chi connectivity index (χ2n) is 8.31. The molecule has 0 aliphatic heterocycles. The molecule has 0 aliphatic carbocycles. The fraction of sp³-hybridized carbons (Fsp3) is 0.0714. The number of nitro groups is 1. The third kappa shape index (κ3) is 3.92. The SMILES string of the molecule is O=[N+]([O-])c1ccc2c(O)n(CC[P+](c3ccccc3)(c3ccccc3)c3ccccc3)c([O-])c2c1. The van der Waals surface area contributed by atoms with Gasteiger partial charge in [-0.1, -0.05) is 54.6 Å². The third-order valence-electron chi connectivity index (χ3n) is 6.44. The van der Waals surface area contributed by atoms with Gasteiger partial charge in [0.25, 0.3) is 5.69 Å². The number of nitrogens with zero attached hydrogens (tertiary/aromatic N) is 2. The second kappa shape index (κ2) is 9.24. The minimum Gasteiger partial charge on any atom is -0.860 e. The van der Waals surface area contributed by atoms with Gasteiger partial charge >= 0.3 is 0 Å².